The molecule has 4 N–H and O–H groups in total. The van der Waals surface area contributed by atoms with Gasteiger partial charge in [0.15, 0.2) is 0 Å². The van der Waals surface area contributed by atoms with E-state index >= 15 is 0 Å². The topological polar surface area (TPSA) is 101 Å². The fraction of sp³-hybridized carbons (Fsp3) is 0.417. The second-order valence-electron chi connectivity index (χ2n) is 4.05. The fourth-order valence-corrected chi connectivity index (χ4v) is 3.13. The van der Waals surface area contributed by atoms with E-state index < -0.39 is 16.1 Å². The van der Waals surface area contributed by atoms with Crippen LogP contribution in [-0.2, 0) is 22.9 Å². The predicted molar refractivity (Wildman–Crippen MR) is 74.4 cm³/mol. The van der Waals surface area contributed by atoms with Gasteiger partial charge in [0.1, 0.15) is 0 Å². The van der Waals surface area contributed by atoms with Crippen LogP contribution in [0, 0.1) is 0 Å². The standard InChI is InChI=1S/C12H19N3O3S/c1-4-8-6-10(13)9(5-2)11(7-8)19(17,18)15-12(16)14-3/h6-7H,4-5,13H2,1-3H3,(H2,14,15,16). The molecule has 2 amide bonds. The number of carbonyl (C=O) groups is 1. The molecule has 0 atom stereocenters. The molecule has 1 aromatic rings. The molecule has 0 saturated heterocycles. The lowest BCUT2D eigenvalue weighted by Crippen LogP contribution is -2.37. The number of rotatable bonds is 4. The van der Waals surface area contributed by atoms with Crippen molar-refractivity contribution < 1.29 is 13.2 Å². The molecule has 1 aromatic carbocycles. The van der Waals surface area contributed by atoms with E-state index in [9.17, 15) is 13.2 Å². The Labute approximate surface area is 113 Å². The van der Waals surface area contributed by atoms with Crippen molar-refractivity contribution in [3.05, 3.63) is 23.3 Å². The van der Waals surface area contributed by atoms with E-state index in [0.29, 0.717) is 24.1 Å². The van der Waals surface area contributed by atoms with Gasteiger partial charge in [-0.25, -0.2) is 17.9 Å². The van der Waals surface area contributed by atoms with Crippen LogP contribution in [0.15, 0.2) is 17.0 Å². The summed E-state index contributed by atoms with van der Waals surface area (Å²) in [7, 11) is -2.56. The Bertz CT molecular complexity index is 582. The van der Waals surface area contributed by atoms with Crippen molar-refractivity contribution in [3.63, 3.8) is 0 Å². The molecular weight excluding hydrogens is 266 g/mol. The molecule has 0 saturated carbocycles. The Morgan fingerprint density at radius 2 is 1.89 bits per heavy atom. The highest BCUT2D eigenvalue weighted by Gasteiger charge is 2.22. The van der Waals surface area contributed by atoms with Crippen LogP contribution in [0.4, 0.5) is 10.5 Å². The second kappa shape index (κ2) is 5.92. The van der Waals surface area contributed by atoms with Crippen molar-refractivity contribution in [1.29, 1.82) is 0 Å². The number of nitrogen functional groups attached to an aromatic ring is 1. The van der Waals surface area contributed by atoms with Gasteiger partial charge in [0.2, 0.25) is 0 Å². The minimum Gasteiger partial charge on any atom is -0.398 e. The Morgan fingerprint density at radius 3 is 2.37 bits per heavy atom. The third-order valence-corrected chi connectivity index (χ3v) is 4.21. The molecule has 0 aliphatic carbocycles. The number of urea groups is 1. The van der Waals surface area contributed by atoms with Crippen LogP contribution in [0.3, 0.4) is 0 Å². The fourth-order valence-electron chi connectivity index (χ4n) is 1.78. The summed E-state index contributed by atoms with van der Waals surface area (Å²) in [6.07, 6.45) is 1.14. The lowest BCUT2D eigenvalue weighted by Gasteiger charge is -2.14. The smallest absolute Gasteiger partial charge is 0.328 e. The zero-order valence-electron chi connectivity index (χ0n) is 11.3. The quantitative estimate of drug-likeness (QED) is 0.719. The highest BCUT2D eigenvalue weighted by molar-refractivity contribution is 7.90. The zero-order valence-corrected chi connectivity index (χ0v) is 12.1. The van der Waals surface area contributed by atoms with Crippen molar-refractivity contribution in [3.8, 4) is 0 Å². The number of aryl methyl sites for hydroxylation is 1. The number of benzene rings is 1. The van der Waals surface area contributed by atoms with Gasteiger partial charge in [0.05, 0.1) is 4.90 Å². The number of amides is 2. The predicted octanol–water partition coefficient (Wildman–Crippen LogP) is 1.01. The van der Waals surface area contributed by atoms with Gasteiger partial charge in [-0.15, -0.1) is 0 Å². The van der Waals surface area contributed by atoms with Gasteiger partial charge in [0, 0.05) is 12.7 Å². The van der Waals surface area contributed by atoms with Crippen molar-refractivity contribution in [2.75, 3.05) is 12.8 Å². The van der Waals surface area contributed by atoms with Crippen LogP contribution < -0.4 is 15.8 Å². The molecule has 0 bridgehead atoms. The molecule has 0 aromatic heterocycles. The molecule has 1 rings (SSSR count). The number of carbonyl (C=O) groups excluding carboxylic acids is 1. The van der Waals surface area contributed by atoms with Gasteiger partial charge in [-0.2, -0.15) is 0 Å². The highest BCUT2D eigenvalue weighted by atomic mass is 32.2. The average molecular weight is 285 g/mol. The van der Waals surface area contributed by atoms with Gasteiger partial charge in [-0.3, -0.25) is 0 Å². The van der Waals surface area contributed by atoms with Gasteiger partial charge in [-0.05, 0) is 36.1 Å². The number of hydrogen-bond donors (Lipinski definition) is 3. The summed E-state index contributed by atoms with van der Waals surface area (Å²) in [5, 5.41) is 2.21. The van der Waals surface area contributed by atoms with E-state index in [1.807, 2.05) is 18.6 Å². The van der Waals surface area contributed by atoms with E-state index in [0.717, 1.165) is 5.56 Å². The maximum absolute atomic E-state index is 12.2. The van der Waals surface area contributed by atoms with E-state index in [4.69, 9.17) is 5.73 Å². The molecule has 0 unspecified atom stereocenters. The maximum atomic E-state index is 12.2. The summed E-state index contributed by atoms with van der Waals surface area (Å²) in [4.78, 5) is 11.3. The second-order valence-corrected chi connectivity index (χ2v) is 5.70. The molecule has 19 heavy (non-hydrogen) atoms. The Kier molecular flexibility index (Phi) is 4.77. The molecule has 7 heteroatoms. The summed E-state index contributed by atoms with van der Waals surface area (Å²) in [6.45, 7) is 3.72. The third-order valence-electron chi connectivity index (χ3n) is 2.81. The Morgan fingerprint density at radius 1 is 1.26 bits per heavy atom. The number of anilines is 1. The highest BCUT2D eigenvalue weighted by Crippen LogP contribution is 2.25. The van der Waals surface area contributed by atoms with Gasteiger partial charge < -0.3 is 11.1 Å². The summed E-state index contributed by atoms with van der Waals surface area (Å²) < 4.78 is 26.3. The van der Waals surface area contributed by atoms with Crippen LogP contribution in [0.2, 0.25) is 0 Å². The van der Waals surface area contributed by atoms with E-state index in [2.05, 4.69) is 5.32 Å². The van der Waals surface area contributed by atoms with Gasteiger partial charge in [-0.1, -0.05) is 13.8 Å². The first-order chi connectivity index (χ1) is 8.85. The summed E-state index contributed by atoms with van der Waals surface area (Å²) >= 11 is 0. The van der Waals surface area contributed by atoms with Crippen molar-refractivity contribution in [2.24, 2.45) is 0 Å². The van der Waals surface area contributed by atoms with Crippen LogP contribution in [0.5, 0.6) is 0 Å². The number of hydrogen-bond acceptors (Lipinski definition) is 4. The number of nitrogens with one attached hydrogen (secondary N) is 2. The SMILES string of the molecule is CCc1cc(N)c(CC)c(S(=O)(=O)NC(=O)NC)c1. The third kappa shape index (κ3) is 3.37. The molecule has 0 fully saturated rings. The Balaban J connectivity index is 3.39. The first-order valence-corrected chi connectivity index (χ1v) is 7.49. The molecule has 0 spiro atoms. The van der Waals surface area contributed by atoms with Gasteiger partial charge >= 0.3 is 6.03 Å². The summed E-state index contributed by atoms with van der Waals surface area (Å²) in [5.41, 5.74) is 7.64. The van der Waals surface area contributed by atoms with E-state index in [-0.39, 0.29) is 4.90 Å². The molecule has 0 radical (unpaired) electrons. The minimum absolute atomic E-state index is 0.0652. The minimum atomic E-state index is -3.91. The Hall–Kier alpha value is -1.76. The maximum Gasteiger partial charge on any atom is 0.328 e. The van der Waals surface area contributed by atoms with Crippen LogP contribution in [-0.4, -0.2) is 21.5 Å². The van der Waals surface area contributed by atoms with Crippen LogP contribution in [0.1, 0.15) is 25.0 Å². The van der Waals surface area contributed by atoms with Gasteiger partial charge in [0.25, 0.3) is 10.0 Å². The number of sulfonamides is 1. The first-order valence-electron chi connectivity index (χ1n) is 6.01. The molecule has 6 nitrogen and oxygen atoms in total. The monoisotopic (exact) mass is 285 g/mol. The largest absolute Gasteiger partial charge is 0.398 e. The van der Waals surface area contributed by atoms with Crippen molar-refractivity contribution >= 4 is 21.7 Å². The molecule has 106 valence electrons. The summed E-state index contributed by atoms with van der Waals surface area (Å²) in [6, 6.07) is 2.54. The van der Waals surface area contributed by atoms with E-state index in [1.54, 1.807) is 12.1 Å². The lowest BCUT2D eigenvalue weighted by molar-refractivity contribution is 0.248. The van der Waals surface area contributed by atoms with Crippen LogP contribution >= 0.6 is 0 Å². The lowest BCUT2D eigenvalue weighted by atomic mass is 10.1. The molecule has 0 aliphatic heterocycles. The molecular formula is C12H19N3O3S. The first kappa shape index (κ1) is 15.3. The van der Waals surface area contributed by atoms with Crippen molar-refractivity contribution in [2.45, 2.75) is 31.6 Å². The van der Waals surface area contributed by atoms with E-state index in [1.165, 1.54) is 7.05 Å². The molecule has 0 aliphatic rings. The zero-order chi connectivity index (χ0) is 14.6. The van der Waals surface area contributed by atoms with Crippen molar-refractivity contribution in [1.82, 2.24) is 10.0 Å². The number of nitrogens with two attached hydrogens (primary N) is 1. The average Bonchev–Trinajstić information content (AvgIpc) is 2.36. The summed E-state index contributed by atoms with van der Waals surface area (Å²) in [5.74, 6) is 0. The van der Waals surface area contributed by atoms with Crippen LogP contribution in [0.25, 0.3) is 0 Å². The molecule has 0 heterocycles. The normalized spacial score (nSPS) is 11.1.